The number of aromatic nitrogens is 2. The molecule has 1 aromatic heterocycles. The highest BCUT2D eigenvalue weighted by molar-refractivity contribution is 5.43. The summed E-state index contributed by atoms with van der Waals surface area (Å²) in [5, 5.41) is 6.70. The third kappa shape index (κ3) is 5.71. The quantitative estimate of drug-likeness (QED) is 0.623. The molecule has 0 radical (unpaired) electrons. The lowest BCUT2D eigenvalue weighted by molar-refractivity contribution is 0.414. The van der Waals surface area contributed by atoms with Crippen LogP contribution in [0.1, 0.15) is 22.4 Å². The lowest BCUT2D eigenvalue weighted by atomic mass is 10.1. The van der Waals surface area contributed by atoms with E-state index in [1.165, 1.54) is 16.7 Å². The minimum atomic E-state index is 0.642. The van der Waals surface area contributed by atoms with Gasteiger partial charge in [-0.3, -0.25) is 0 Å². The number of nitrogens with zero attached hydrogens (tertiary/aromatic N) is 2. The first-order valence-corrected chi connectivity index (χ1v) is 9.14. The summed E-state index contributed by atoms with van der Waals surface area (Å²) in [5.41, 5.74) is 4.66. The van der Waals surface area contributed by atoms with E-state index in [2.05, 4.69) is 63.9 Å². The second kappa shape index (κ2) is 9.03. The van der Waals surface area contributed by atoms with E-state index < -0.39 is 0 Å². The summed E-state index contributed by atoms with van der Waals surface area (Å²) in [6.07, 6.45) is 0.916. The van der Waals surface area contributed by atoms with Crippen LogP contribution in [0, 0.1) is 13.8 Å². The Morgan fingerprint density at radius 2 is 1.70 bits per heavy atom. The van der Waals surface area contributed by atoms with Crippen molar-refractivity contribution in [3.05, 3.63) is 77.0 Å². The Kier molecular flexibility index (Phi) is 6.26. The molecule has 0 aliphatic heterocycles. The lowest BCUT2D eigenvalue weighted by Crippen LogP contribution is -2.10. The highest BCUT2D eigenvalue weighted by atomic mass is 16.5. The average Bonchev–Trinajstić information content (AvgIpc) is 2.67. The van der Waals surface area contributed by atoms with E-state index in [1.807, 2.05) is 25.1 Å². The summed E-state index contributed by atoms with van der Waals surface area (Å²) < 4.78 is 5.19. The molecule has 5 nitrogen and oxygen atoms in total. The first-order valence-electron chi connectivity index (χ1n) is 9.14. The molecule has 3 rings (SSSR count). The van der Waals surface area contributed by atoms with Crippen molar-refractivity contribution < 1.29 is 4.74 Å². The van der Waals surface area contributed by atoms with Gasteiger partial charge < -0.3 is 15.4 Å². The monoisotopic (exact) mass is 362 g/mol. The van der Waals surface area contributed by atoms with Crippen molar-refractivity contribution in [3.63, 3.8) is 0 Å². The standard InChI is InChI=1S/C22H26N4O/c1-16-5-4-6-19(13-16)15-24-22-25-17(2)14-21(26-22)23-12-11-18-7-9-20(27-3)10-8-18/h4-10,13-14H,11-12,15H2,1-3H3,(H2,23,24,25,26). The highest BCUT2D eigenvalue weighted by Crippen LogP contribution is 2.14. The van der Waals surface area contributed by atoms with Crippen LogP contribution < -0.4 is 15.4 Å². The third-order valence-electron chi connectivity index (χ3n) is 4.27. The van der Waals surface area contributed by atoms with E-state index in [1.54, 1.807) is 7.11 Å². The summed E-state index contributed by atoms with van der Waals surface area (Å²) in [5.74, 6) is 2.36. The van der Waals surface area contributed by atoms with Crippen molar-refractivity contribution >= 4 is 11.8 Å². The zero-order valence-electron chi connectivity index (χ0n) is 16.1. The van der Waals surface area contributed by atoms with Crippen LogP contribution in [0.4, 0.5) is 11.8 Å². The predicted octanol–water partition coefficient (Wildman–Crippen LogP) is 4.37. The van der Waals surface area contributed by atoms with Crippen molar-refractivity contribution in [2.75, 3.05) is 24.3 Å². The Balaban J connectivity index is 1.56. The molecule has 0 spiro atoms. The smallest absolute Gasteiger partial charge is 0.225 e. The average molecular weight is 362 g/mol. The van der Waals surface area contributed by atoms with Crippen LogP contribution in [0.25, 0.3) is 0 Å². The predicted molar refractivity (Wildman–Crippen MR) is 110 cm³/mol. The molecular formula is C22H26N4O. The van der Waals surface area contributed by atoms with Crippen molar-refractivity contribution in [1.82, 2.24) is 9.97 Å². The van der Waals surface area contributed by atoms with Crippen molar-refractivity contribution in [2.45, 2.75) is 26.8 Å². The van der Waals surface area contributed by atoms with Gasteiger partial charge in [-0.25, -0.2) is 4.98 Å². The van der Waals surface area contributed by atoms with E-state index in [4.69, 9.17) is 4.74 Å². The fraction of sp³-hybridized carbons (Fsp3) is 0.273. The maximum absolute atomic E-state index is 5.19. The molecule has 0 aliphatic rings. The summed E-state index contributed by atoms with van der Waals surface area (Å²) in [6.45, 7) is 5.59. The van der Waals surface area contributed by atoms with Gasteiger partial charge in [0.25, 0.3) is 0 Å². The summed E-state index contributed by atoms with van der Waals surface area (Å²) in [4.78, 5) is 9.06. The first-order chi connectivity index (χ1) is 13.1. The lowest BCUT2D eigenvalue weighted by Gasteiger charge is -2.10. The fourth-order valence-electron chi connectivity index (χ4n) is 2.87. The topological polar surface area (TPSA) is 59.1 Å². The number of nitrogens with one attached hydrogen (secondary N) is 2. The number of rotatable bonds is 8. The van der Waals surface area contributed by atoms with Crippen LogP contribution in [0.3, 0.4) is 0 Å². The zero-order valence-corrected chi connectivity index (χ0v) is 16.1. The van der Waals surface area contributed by atoms with Gasteiger partial charge in [-0.15, -0.1) is 0 Å². The second-order valence-electron chi connectivity index (χ2n) is 6.59. The van der Waals surface area contributed by atoms with Gasteiger partial charge in [-0.05, 0) is 43.5 Å². The molecule has 140 valence electrons. The van der Waals surface area contributed by atoms with E-state index in [-0.39, 0.29) is 0 Å². The first kappa shape index (κ1) is 18.7. The van der Waals surface area contributed by atoms with E-state index in [0.717, 1.165) is 30.2 Å². The molecule has 2 aromatic carbocycles. The van der Waals surface area contributed by atoms with E-state index >= 15 is 0 Å². The van der Waals surface area contributed by atoms with Crippen molar-refractivity contribution in [3.8, 4) is 5.75 Å². The number of hydrogen-bond acceptors (Lipinski definition) is 5. The number of aryl methyl sites for hydroxylation is 2. The summed E-state index contributed by atoms with van der Waals surface area (Å²) in [7, 11) is 1.68. The summed E-state index contributed by atoms with van der Waals surface area (Å²) in [6, 6.07) is 18.5. The molecule has 0 saturated heterocycles. The van der Waals surface area contributed by atoms with Crippen LogP contribution in [0.2, 0.25) is 0 Å². The molecule has 0 unspecified atom stereocenters. The Morgan fingerprint density at radius 1 is 0.889 bits per heavy atom. The number of ether oxygens (including phenoxy) is 1. The third-order valence-corrected chi connectivity index (χ3v) is 4.27. The van der Waals surface area contributed by atoms with Gasteiger partial charge in [0.15, 0.2) is 0 Å². The number of methoxy groups -OCH3 is 1. The van der Waals surface area contributed by atoms with Crippen LogP contribution in [-0.2, 0) is 13.0 Å². The van der Waals surface area contributed by atoms with Crippen LogP contribution in [0.5, 0.6) is 5.75 Å². The fourth-order valence-corrected chi connectivity index (χ4v) is 2.87. The second-order valence-corrected chi connectivity index (χ2v) is 6.59. The maximum atomic E-state index is 5.19. The Hall–Kier alpha value is -3.08. The highest BCUT2D eigenvalue weighted by Gasteiger charge is 2.03. The molecule has 2 N–H and O–H groups in total. The van der Waals surface area contributed by atoms with E-state index in [0.29, 0.717) is 12.5 Å². The number of hydrogen-bond donors (Lipinski definition) is 2. The molecule has 3 aromatic rings. The van der Waals surface area contributed by atoms with Crippen LogP contribution in [-0.4, -0.2) is 23.6 Å². The van der Waals surface area contributed by atoms with Crippen molar-refractivity contribution in [2.24, 2.45) is 0 Å². The van der Waals surface area contributed by atoms with Crippen molar-refractivity contribution in [1.29, 1.82) is 0 Å². The number of anilines is 2. The van der Waals surface area contributed by atoms with Gasteiger partial charge >= 0.3 is 0 Å². The molecule has 0 aliphatic carbocycles. The molecule has 1 heterocycles. The minimum Gasteiger partial charge on any atom is -0.497 e. The van der Waals surface area contributed by atoms with E-state index in [9.17, 15) is 0 Å². The Labute approximate surface area is 160 Å². The van der Waals surface area contributed by atoms with Gasteiger partial charge in [0.1, 0.15) is 11.6 Å². The largest absolute Gasteiger partial charge is 0.497 e. The molecule has 0 saturated carbocycles. The molecule has 5 heteroatoms. The van der Waals surface area contributed by atoms with Gasteiger partial charge in [0, 0.05) is 24.8 Å². The minimum absolute atomic E-state index is 0.642. The molecule has 0 fully saturated rings. The van der Waals surface area contributed by atoms with Gasteiger partial charge in [-0.2, -0.15) is 4.98 Å². The molecule has 0 amide bonds. The number of benzene rings is 2. The Bertz CT molecular complexity index is 878. The maximum Gasteiger partial charge on any atom is 0.225 e. The molecule has 0 bridgehead atoms. The van der Waals surface area contributed by atoms with Crippen LogP contribution >= 0.6 is 0 Å². The van der Waals surface area contributed by atoms with Gasteiger partial charge in [0.2, 0.25) is 5.95 Å². The van der Waals surface area contributed by atoms with Crippen LogP contribution in [0.15, 0.2) is 54.6 Å². The SMILES string of the molecule is COc1ccc(CCNc2cc(C)nc(NCc3cccc(C)c3)n2)cc1. The Morgan fingerprint density at radius 3 is 2.44 bits per heavy atom. The zero-order chi connectivity index (χ0) is 19.1. The molecule has 0 atom stereocenters. The normalized spacial score (nSPS) is 10.5. The molecule has 27 heavy (non-hydrogen) atoms. The van der Waals surface area contributed by atoms with Gasteiger partial charge in [-0.1, -0.05) is 42.0 Å². The molecular weight excluding hydrogens is 336 g/mol. The van der Waals surface area contributed by atoms with Gasteiger partial charge in [0.05, 0.1) is 7.11 Å². The summed E-state index contributed by atoms with van der Waals surface area (Å²) >= 11 is 0.